The molecule has 10 heteroatoms. The van der Waals surface area contributed by atoms with Crippen molar-refractivity contribution < 1.29 is 28.7 Å². The van der Waals surface area contributed by atoms with Crippen LogP contribution in [0.4, 0.5) is 0 Å². The minimum Gasteiger partial charge on any atom is -0.493 e. The zero-order chi connectivity index (χ0) is 21.8. The number of hydrogen-bond acceptors (Lipinski definition) is 6. The first kappa shape index (κ1) is 22.1. The second kappa shape index (κ2) is 9.46. The Hall–Kier alpha value is -2.62. The molecule has 2 heterocycles. The molecule has 2 fully saturated rings. The average Bonchev–Trinajstić information content (AvgIpc) is 3.06. The summed E-state index contributed by atoms with van der Waals surface area (Å²) in [5.74, 6) is -0.0686. The molecule has 4 amide bonds. The van der Waals surface area contributed by atoms with E-state index in [1.807, 2.05) is 6.92 Å². The van der Waals surface area contributed by atoms with E-state index in [4.69, 9.17) is 9.47 Å². The van der Waals surface area contributed by atoms with Gasteiger partial charge in [-0.15, -0.1) is 0 Å². The Morgan fingerprint density at radius 2 is 1.63 bits per heavy atom. The summed E-state index contributed by atoms with van der Waals surface area (Å²) in [6.07, 6.45) is 0.324. The Bertz CT molecular complexity index is 850. The van der Waals surface area contributed by atoms with Gasteiger partial charge >= 0.3 is 0 Å². The first-order chi connectivity index (χ1) is 14.3. The van der Waals surface area contributed by atoms with Crippen LogP contribution < -0.4 is 9.47 Å². The molecule has 0 unspecified atom stereocenters. The highest BCUT2D eigenvalue weighted by molar-refractivity contribution is 9.10. The van der Waals surface area contributed by atoms with Crippen molar-refractivity contribution in [2.24, 2.45) is 0 Å². The third-order valence-electron chi connectivity index (χ3n) is 5.13. The van der Waals surface area contributed by atoms with E-state index in [1.165, 1.54) is 7.11 Å². The van der Waals surface area contributed by atoms with Crippen LogP contribution in [-0.4, -0.2) is 84.8 Å². The summed E-state index contributed by atoms with van der Waals surface area (Å²) >= 11 is 3.42. The number of hydrogen-bond donors (Lipinski definition) is 0. The van der Waals surface area contributed by atoms with Gasteiger partial charge in [-0.3, -0.25) is 24.1 Å². The lowest BCUT2D eigenvalue weighted by molar-refractivity contribution is -0.146. The predicted octanol–water partition coefficient (Wildman–Crippen LogP) is 1.29. The van der Waals surface area contributed by atoms with E-state index in [2.05, 4.69) is 15.9 Å². The Kier molecular flexibility index (Phi) is 6.96. The second-order valence-corrected chi connectivity index (χ2v) is 7.82. The summed E-state index contributed by atoms with van der Waals surface area (Å²) in [6.45, 7) is 3.51. The van der Waals surface area contributed by atoms with Crippen LogP contribution in [0.5, 0.6) is 11.5 Å². The van der Waals surface area contributed by atoms with Gasteiger partial charge in [-0.1, -0.05) is 0 Å². The maximum Gasteiger partial charge on any atom is 0.254 e. The molecule has 0 aromatic heterocycles. The molecule has 3 rings (SSSR count). The van der Waals surface area contributed by atoms with Crippen molar-refractivity contribution in [3.63, 3.8) is 0 Å². The number of methoxy groups -OCH3 is 1. The van der Waals surface area contributed by atoms with Crippen LogP contribution in [0.3, 0.4) is 0 Å². The molecule has 30 heavy (non-hydrogen) atoms. The largest absolute Gasteiger partial charge is 0.493 e. The van der Waals surface area contributed by atoms with Crippen molar-refractivity contribution in [3.8, 4) is 11.5 Å². The Labute approximate surface area is 183 Å². The summed E-state index contributed by atoms with van der Waals surface area (Å²) in [4.78, 5) is 53.1. The third kappa shape index (κ3) is 4.58. The van der Waals surface area contributed by atoms with Crippen molar-refractivity contribution in [2.75, 3.05) is 46.4 Å². The summed E-state index contributed by atoms with van der Waals surface area (Å²) in [6, 6.07) is 3.33. The SMILES string of the molecule is CCOc1c(Br)cc(C(=O)N2CCN(C(=O)CN3C(=O)CCC3=O)CC2)cc1OC. The van der Waals surface area contributed by atoms with E-state index in [9.17, 15) is 19.2 Å². The number of carbonyl (C=O) groups is 4. The predicted molar refractivity (Wildman–Crippen MR) is 110 cm³/mol. The fourth-order valence-electron chi connectivity index (χ4n) is 3.50. The lowest BCUT2D eigenvalue weighted by atomic mass is 10.1. The van der Waals surface area contributed by atoms with Gasteiger partial charge in [0.1, 0.15) is 6.54 Å². The van der Waals surface area contributed by atoms with Crippen LogP contribution >= 0.6 is 15.9 Å². The van der Waals surface area contributed by atoms with E-state index in [1.54, 1.807) is 21.9 Å². The van der Waals surface area contributed by atoms with E-state index in [0.29, 0.717) is 54.3 Å². The molecule has 162 valence electrons. The number of amides is 4. The van der Waals surface area contributed by atoms with Gasteiger partial charge in [0, 0.05) is 44.6 Å². The molecule has 0 bridgehead atoms. The average molecular weight is 482 g/mol. The lowest BCUT2D eigenvalue weighted by Crippen LogP contribution is -2.53. The van der Waals surface area contributed by atoms with Gasteiger partial charge in [-0.05, 0) is 35.0 Å². The number of likely N-dealkylation sites (tertiary alicyclic amines) is 1. The molecule has 2 saturated heterocycles. The first-order valence-electron chi connectivity index (χ1n) is 9.76. The zero-order valence-corrected chi connectivity index (χ0v) is 18.6. The number of carbonyl (C=O) groups excluding carboxylic acids is 4. The highest BCUT2D eigenvalue weighted by atomic mass is 79.9. The molecule has 0 aliphatic carbocycles. The Morgan fingerprint density at radius 1 is 1.03 bits per heavy atom. The van der Waals surface area contributed by atoms with Gasteiger partial charge in [-0.25, -0.2) is 0 Å². The molecular weight excluding hydrogens is 458 g/mol. The smallest absolute Gasteiger partial charge is 0.254 e. The second-order valence-electron chi connectivity index (χ2n) is 6.97. The summed E-state index contributed by atoms with van der Waals surface area (Å²) in [5.41, 5.74) is 0.454. The molecule has 0 radical (unpaired) electrons. The first-order valence-corrected chi connectivity index (χ1v) is 10.6. The van der Waals surface area contributed by atoms with Gasteiger partial charge < -0.3 is 19.3 Å². The number of halogens is 1. The molecule has 0 atom stereocenters. The number of ether oxygens (including phenoxy) is 2. The number of piperazine rings is 1. The highest BCUT2D eigenvalue weighted by Gasteiger charge is 2.33. The molecular formula is C20H24BrN3O6. The van der Waals surface area contributed by atoms with Crippen LogP contribution in [0.2, 0.25) is 0 Å². The molecule has 9 nitrogen and oxygen atoms in total. The summed E-state index contributed by atoms with van der Waals surface area (Å²) in [7, 11) is 1.51. The minimum absolute atomic E-state index is 0.162. The molecule has 0 saturated carbocycles. The fraction of sp³-hybridized carbons (Fsp3) is 0.500. The van der Waals surface area contributed by atoms with Crippen LogP contribution in [0.1, 0.15) is 30.1 Å². The summed E-state index contributed by atoms with van der Waals surface area (Å²) < 4.78 is 11.5. The standard InChI is InChI=1S/C20H24BrN3O6/c1-3-30-19-14(21)10-13(11-15(19)29-2)20(28)23-8-6-22(7-9-23)18(27)12-24-16(25)4-5-17(24)26/h10-11H,3-9,12H2,1-2H3. The van der Waals surface area contributed by atoms with Gasteiger partial charge in [-0.2, -0.15) is 0 Å². The van der Waals surface area contributed by atoms with Crippen molar-refractivity contribution >= 4 is 39.6 Å². The van der Waals surface area contributed by atoms with Gasteiger partial charge in [0.25, 0.3) is 5.91 Å². The number of nitrogens with zero attached hydrogens (tertiary/aromatic N) is 3. The monoisotopic (exact) mass is 481 g/mol. The van der Waals surface area contributed by atoms with Crippen LogP contribution in [0, 0.1) is 0 Å². The Balaban J connectivity index is 1.61. The van der Waals surface area contributed by atoms with Crippen LogP contribution in [-0.2, 0) is 14.4 Å². The van der Waals surface area contributed by atoms with E-state index < -0.39 is 0 Å². The highest BCUT2D eigenvalue weighted by Crippen LogP contribution is 2.37. The normalized spacial score (nSPS) is 16.8. The maximum atomic E-state index is 12.9. The van der Waals surface area contributed by atoms with E-state index in [-0.39, 0.29) is 43.0 Å². The lowest BCUT2D eigenvalue weighted by Gasteiger charge is -2.35. The molecule has 2 aliphatic rings. The molecule has 0 N–H and O–H groups in total. The maximum absolute atomic E-state index is 12.9. The van der Waals surface area contributed by atoms with Crippen molar-refractivity contribution in [1.29, 1.82) is 0 Å². The number of rotatable bonds is 6. The van der Waals surface area contributed by atoms with E-state index in [0.717, 1.165) is 4.90 Å². The number of imide groups is 1. The quantitative estimate of drug-likeness (QED) is 0.568. The molecule has 2 aliphatic heterocycles. The molecule has 1 aromatic carbocycles. The van der Waals surface area contributed by atoms with Crippen molar-refractivity contribution in [3.05, 3.63) is 22.2 Å². The molecule has 1 aromatic rings. The number of benzene rings is 1. The van der Waals surface area contributed by atoms with Crippen LogP contribution in [0.15, 0.2) is 16.6 Å². The topological polar surface area (TPSA) is 96.5 Å². The molecule has 0 spiro atoms. The van der Waals surface area contributed by atoms with Crippen molar-refractivity contribution in [1.82, 2.24) is 14.7 Å². The van der Waals surface area contributed by atoms with Gasteiger partial charge in [0.15, 0.2) is 11.5 Å². The summed E-state index contributed by atoms with van der Waals surface area (Å²) in [5, 5.41) is 0. The van der Waals surface area contributed by atoms with Gasteiger partial charge in [0.2, 0.25) is 17.7 Å². The van der Waals surface area contributed by atoms with Gasteiger partial charge in [0.05, 0.1) is 18.2 Å². The fourth-order valence-corrected chi connectivity index (χ4v) is 4.06. The Morgan fingerprint density at radius 3 is 2.20 bits per heavy atom. The zero-order valence-electron chi connectivity index (χ0n) is 17.0. The van der Waals surface area contributed by atoms with E-state index >= 15 is 0 Å². The minimum atomic E-state index is -0.308. The van der Waals surface area contributed by atoms with Crippen molar-refractivity contribution in [2.45, 2.75) is 19.8 Å². The van der Waals surface area contributed by atoms with Crippen LogP contribution in [0.25, 0.3) is 0 Å². The third-order valence-corrected chi connectivity index (χ3v) is 5.72.